The smallest absolute Gasteiger partial charge is 0.270 e. The molecule has 4 rings (SSSR count). The monoisotopic (exact) mass is 430 g/mol. The van der Waals surface area contributed by atoms with Gasteiger partial charge in [0, 0.05) is 24.1 Å². The molecule has 1 fully saturated rings. The van der Waals surface area contributed by atoms with Crippen molar-refractivity contribution >= 4 is 17.2 Å². The number of aromatic nitrogens is 1. The zero-order valence-corrected chi connectivity index (χ0v) is 16.9. The van der Waals surface area contributed by atoms with Crippen molar-refractivity contribution < 1.29 is 23.0 Å². The number of benzene rings is 2. The second kappa shape index (κ2) is 9.32. The molecule has 0 aliphatic carbocycles. The summed E-state index contributed by atoms with van der Waals surface area (Å²) in [7, 11) is 0. The maximum Gasteiger partial charge on any atom is 0.270 e. The Hall–Kier alpha value is -2.84. The number of hydrogen-bond acceptors (Lipinski definition) is 5. The Morgan fingerprint density at radius 3 is 2.77 bits per heavy atom. The Labute approximate surface area is 176 Å². The summed E-state index contributed by atoms with van der Waals surface area (Å²) in [5.74, 6) is -1.40. The molecule has 0 saturated carbocycles. The van der Waals surface area contributed by atoms with Crippen molar-refractivity contribution in [3.05, 3.63) is 70.7 Å². The largest absolute Gasteiger partial charge is 0.489 e. The summed E-state index contributed by atoms with van der Waals surface area (Å²) in [6.07, 6.45) is 2.08. The fourth-order valence-electron chi connectivity index (χ4n) is 3.10. The standard InChI is InChI=1S/C22H20F2N2O3S/c23-18-8-3-14(10-19(18)24)12-29-16-6-4-15(5-7-16)22-26-20(13-30-22)21(27)25-11-17-2-1-9-28-17/h3-8,10,13,17H,1-2,9,11-12H2,(H,25,27). The Balaban J connectivity index is 1.33. The number of rotatable bonds is 7. The topological polar surface area (TPSA) is 60.5 Å². The van der Waals surface area contributed by atoms with E-state index in [0.29, 0.717) is 23.6 Å². The number of ether oxygens (including phenoxy) is 2. The number of hydrogen-bond donors (Lipinski definition) is 1. The van der Waals surface area contributed by atoms with Gasteiger partial charge in [-0.05, 0) is 54.8 Å². The lowest BCUT2D eigenvalue weighted by molar-refractivity contribution is 0.0854. The first-order valence-electron chi connectivity index (χ1n) is 9.61. The van der Waals surface area contributed by atoms with Crippen LogP contribution in [0.4, 0.5) is 8.78 Å². The van der Waals surface area contributed by atoms with Crippen molar-refractivity contribution in [2.75, 3.05) is 13.2 Å². The van der Waals surface area contributed by atoms with Crippen LogP contribution in [0.1, 0.15) is 28.9 Å². The minimum absolute atomic E-state index is 0.0889. The molecule has 1 N–H and O–H groups in total. The van der Waals surface area contributed by atoms with Crippen molar-refractivity contribution in [2.24, 2.45) is 0 Å². The van der Waals surface area contributed by atoms with Crippen LogP contribution in [0.3, 0.4) is 0 Å². The van der Waals surface area contributed by atoms with E-state index in [1.54, 1.807) is 17.5 Å². The number of carbonyl (C=O) groups is 1. The zero-order chi connectivity index (χ0) is 20.9. The van der Waals surface area contributed by atoms with Gasteiger partial charge in [0.05, 0.1) is 6.10 Å². The molecule has 1 atom stereocenters. The maximum atomic E-state index is 13.3. The minimum Gasteiger partial charge on any atom is -0.489 e. The van der Waals surface area contributed by atoms with Gasteiger partial charge in [0.1, 0.15) is 23.1 Å². The molecule has 1 aromatic heterocycles. The van der Waals surface area contributed by atoms with E-state index in [2.05, 4.69) is 10.3 Å². The average molecular weight is 430 g/mol. The molecule has 1 aliphatic heterocycles. The van der Waals surface area contributed by atoms with Crippen LogP contribution in [0.2, 0.25) is 0 Å². The molecule has 2 aromatic carbocycles. The number of carbonyl (C=O) groups excluding carboxylic acids is 1. The number of nitrogens with zero attached hydrogens (tertiary/aromatic N) is 1. The van der Waals surface area contributed by atoms with Gasteiger partial charge >= 0.3 is 0 Å². The summed E-state index contributed by atoms with van der Waals surface area (Å²) in [6.45, 7) is 1.38. The molecule has 0 bridgehead atoms. The fourth-order valence-corrected chi connectivity index (χ4v) is 3.91. The quantitative estimate of drug-likeness (QED) is 0.596. The van der Waals surface area contributed by atoms with Crippen LogP contribution in [0.25, 0.3) is 10.6 Å². The Morgan fingerprint density at radius 1 is 1.20 bits per heavy atom. The van der Waals surface area contributed by atoms with E-state index in [0.717, 1.165) is 42.2 Å². The molecule has 5 nitrogen and oxygen atoms in total. The second-order valence-corrected chi connectivity index (χ2v) is 7.80. The summed E-state index contributed by atoms with van der Waals surface area (Å²) in [5.41, 5.74) is 1.78. The molecule has 1 aliphatic rings. The van der Waals surface area contributed by atoms with E-state index in [9.17, 15) is 13.6 Å². The molecular formula is C22H20F2N2O3S. The normalized spacial score (nSPS) is 15.9. The molecule has 2 heterocycles. The highest BCUT2D eigenvalue weighted by Gasteiger charge is 2.18. The summed E-state index contributed by atoms with van der Waals surface area (Å²) < 4.78 is 37.4. The van der Waals surface area contributed by atoms with E-state index >= 15 is 0 Å². The van der Waals surface area contributed by atoms with Gasteiger partial charge in [0.15, 0.2) is 11.6 Å². The molecule has 0 radical (unpaired) electrons. The predicted octanol–water partition coefficient (Wildman–Crippen LogP) is 4.58. The van der Waals surface area contributed by atoms with Gasteiger partial charge in [-0.15, -0.1) is 11.3 Å². The third-order valence-electron chi connectivity index (χ3n) is 4.74. The highest BCUT2D eigenvalue weighted by Crippen LogP contribution is 2.26. The fraction of sp³-hybridized carbons (Fsp3) is 0.273. The van der Waals surface area contributed by atoms with Gasteiger partial charge in [-0.25, -0.2) is 13.8 Å². The first-order chi connectivity index (χ1) is 14.6. The zero-order valence-electron chi connectivity index (χ0n) is 16.1. The summed E-state index contributed by atoms with van der Waals surface area (Å²) in [5, 5.41) is 5.32. The number of thiazole rings is 1. The van der Waals surface area contributed by atoms with Crippen LogP contribution < -0.4 is 10.1 Å². The van der Waals surface area contributed by atoms with Crippen LogP contribution in [0.15, 0.2) is 47.8 Å². The van der Waals surface area contributed by atoms with Crippen LogP contribution >= 0.6 is 11.3 Å². The lowest BCUT2D eigenvalue weighted by Crippen LogP contribution is -2.31. The molecule has 156 valence electrons. The van der Waals surface area contributed by atoms with Crippen molar-refractivity contribution in [1.29, 1.82) is 0 Å². The Bertz CT molecular complexity index is 1020. The van der Waals surface area contributed by atoms with Gasteiger partial charge in [-0.3, -0.25) is 4.79 Å². The lowest BCUT2D eigenvalue weighted by Gasteiger charge is -2.09. The second-order valence-electron chi connectivity index (χ2n) is 6.94. The first kappa shape index (κ1) is 20.4. The number of halogens is 2. The van der Waals surface area contributed by atoms with Crippen LogP contribution in [0, 0.1) is 11.6 Å². The van der Waals surface area contributed by atoms with Gasteiger partial charge in [0.25, 0.3) is 5.91 Å². The molecule has 1 amide bonds. The van der Waals surface area contributed by atoms with E-state index in [1.807, 2.05) is 12.1 Å². The Morgan fingerprint density at radius 2 is 2.03 bits per heavy atom. The van der Waals surface area contributed by atoms with Crippen LogP contribution in [0.5, 0.6) is 5.75 Å². The molecular weight excluding hydrogens is 410 g/mol. The highest BCUT2D eigenvalue weighted by atomic mass is 32.1. The summed E-state index contributed by atoms with van der Waals surface area (Å²) in [6, 6.07) is 10.9. The summed E-state index contributed by atoms with van der Waals surface area (Å²) >= 11 is 1.39. The minimum atomic E-state index is -0.897. The van der Waals surface area contributed by atoms with Gasteiger partial charge in [0.2, 0.25) is 0 Å². The van der Waals surface area contributed by atoms with Crippen molar-refractivity contribution in [2.45, 2.75) is 25.6 Å². The van der Waals surface area contributed by atoms with E-state index in [1.165, 1.54) is 17.4 Å². The van der Waals surface area contributed by atoms with Gasteiger partial charge in [-0.1, -0.05) is 6.07 Å². The highest BCUT2D eigenvalue weighted by molar-refractivity contribution is 7.13. The first-order valence-corrected chi connectivity index (χ1v) is 10.5. The van der Waals surface area contributed by atoms with Crippen LogP contribution in [-0.4, -0.2) is 30.1 Å². The van der Waals surface area contributed by atoms with Crippen molar-refractivity contribution in [1.82, 2.24) is 10.3 Å². The molecule has 3 aromatic rings. The number of nitrogens with one attached hydrogen (secondary N) is 1. The van der Waals surface area contributed by atoms with Crippen molar-refractivity contribution in [3.63, 3.8) is 0 Å². The SMILES string of the molecule is O=C(NCC1CCCO1)c1csc(-c2ccc(OCc3ccc(F)c(F)c3)cc2)n1. The molecule has 1 unspecified atom stereocenters. The predicted molar refractivity (Wildman–Crippen MR) is 110 cm³/mol. The lowest BCUT2D eigenvalue weighted by atomic mass is 10.2. The van der Waals surface area contributed by atoms with Gasteiger partial charge < -0.3 is 14.8 Å². The maximum absolute atomic E-state index is 13.3. The molecule has 0 spiro atoms. The average Bonchev–Trinajstić information content (AvgIpc) is 3.46. The summed E-state index contributed by atoms with van der Waals surface area (Å²) in [4.78, 5) is 16.7. The third-order valence-corrected chi connectivity index (χ3v) is 5.63. The molecule has 1 saturated heterocycles. The number of amides is 1. The molecule has 30 heavy (non-hydrogen) atoms. The van der Waals surface area contributed by atoms with Crippen LogP contribution in [-0.2, 0) is 11.3 Å². The van der Waals surface area contributed by atoms with E-state index in [4.69, 9.17) is 9.47 Å². The third kappa shape index (κ3) is 5.01. The Kier molecular flexibility index (Phi) is 6.35. The van der Waals surface area contributed by atoms with E-state index in [-0.39, 0.29) is 18.6 Å². The van der Waals surface area contributed by atoms with E-state index < -0.39 is 11.6 Å². The molecule has 8 heteroatoms. The van der Waals surface area contributed by atoms with Gasteiger partial charge in [-0.2, -0.15) is 0 Å². The van der Waals surface area contributed by atoms with Crippen molar-refractivity contribution in [3.8, 4) is 16.3 Å².